The van der Waals surface area contributed by atoms with Gasteiger partial charge in [-0.15, -0.1) is 0 Å². The van der Waals surface area contributed by atoms with E-state index in [1.165, 1.54) is 42.4 Å². The van der Waals surface area contributed by atoms with Crippen LogP contribution in [0.2, 0.25) is 0 Å². The maximum Gasteiger partial charge on any atom is 0.229 e. The Bertz CT molecular complexity index is 795. The largest absolute Gasteiger partial charge is 0.367 e. The van der Waals surface area contributed by atoms with Crippen LogP contribution >= 0.6 is 0 Å². The Labute approximate surface area is 148 Å². The number of benzene rings is 1. The highest BCUT2D eigenvalue weighted by atomic mass is 15.2. The van der Waals surface area contributed by atoms with Crippen molar-refractivity contribution in [3.05, 3.63) is 41.1 Å². The van der Waals surface area contributed by atoms with Gasteiger partial charge in [-0.2, -0.15) is 4.98 Å². The highest BCUT2D eigenvalue weighted by Gasteiger charge is 2.30. The Hall–Kier alpha value is -2.14. The second kappa shape index (κ2) is 5.99. The molecule has 2 heterocycles. The molecule has 1 aliphatic heterocycles. The zero-order chi connectivity index (χ0) is 16.8. The van der Waals surface area contributed by atoms with Gasteiger partial charge < -0.3 is 15.5 Å². The zero-order valence-electron chi connectivity index (χ0n) is 14.8. The van der Waals surface area contributed by atoms with Crippen molar-refractivity contribution in [1.29, 1.82) is 0 Å². The van der Waals surface area contributed by atoms with Gasteiger partial charge in [0.05, 0.1) is 0 Å². The second-order valence-electron chi connectivity index (χ2n) is 7.79. The van der Waals surface area contributed by atoms with Gasteiger partial charge in [0, 0.05) is 36.6 Å². The lowest BCUT2D eigenvalue weighted by Crippen LogP contribution is -2.26. The molecule has 2 saturated carbocycles. The van der Waals surface area contributed by atoms with Crippen LogP contribution in [0.1, 0.15) is 48.3 Å². The lowest BCUT2D eigenvalue weighted by Gasteiger charge is -2.25. The number of aromatic nitrogens is 2. The lowest BCUT2D eigenvalue weighted by molar-refractivity contribution is 0.313. The van der Waals surface area contributed by atoms with Crippen molar-refractivity contribution in [2.24, 2.45) is 0 Å². The van der Waals surface area contributed by atoms with Crippen LogP contribution < -0.4 is 10.6 Å². The third-order valence-electron chi connectivity index (χ3n) is 5.42. The topological polar surface area (TPSA) is 53.1 Å². The molecule has 0 saturated heterocycles. The van der Waals surface area contributed by atoms with E-state index >= 15 is 0 Å². The van der Waals surface area contributed by atoms with Gasteiger partial charge in [0.2, 0.25) is 5.95 Å². The monoisotopic (exact) mass is 335 g/mol. The van der Waals surface area contributed by atoms with Gasteiger partial charge in [-0.25, -0.2) is 4.98 Å². The van der Waals surface area contributed by atoms with E-state index < -0.39 is 0 Å². The number of rotatable bonds is 5. The molecule has 0 spiro atoms. The van der Waals surface area contributed by atoms with Crippen molar-refractivity contribution in [3.8, 4) is 0 Å². The summed E-state index contributed by atoms with van der Waals surface area (Å²) in [5.74, 6) is 2.39. The predicted molar refractivity (Wildman–Crippen MR) is 100 cm³/mol. The van der Waals surface area contributed by atoms with Crippen molar-refractivity contribution in [2.75, 3.05) is 24.2 Å². The fraction of sp³-hybridized carbons (Fsp3) is 0.500. The summed E-state index contributed by atoms with van der Waals surface area (Å²) in [6, 6.07) is 7.25. The standard InChI is InChI=1S/C20H25N5/c1-25-9-8-13-4-5-17(10-15(13)12-25)23-20-21-11-18(14-2-3-14)19(24-20)22-16-6-7-16/h4-5,10-11,14,16H,2-3,6-9,12H2,1H3,(H2,21,22,23,24). The summed E-state index contributed by atoms with van der Waals surface area (Å²) in [6.07, 6.45) is 8.21. The maximum absolute atomic E-state index is 4.79. The van der Waals surface area contributed by atoms with Crippen molar-refractivity contribution < 1.29 is 0 Å². The number of anilines is 3. The van der Waals surface area contributed by atoms with Gasteiger partial charge in [0.25, 0.3) is 0 Å². The molecule has 3 aliphatic rings. The van der Waals surface area contributed by atoms with E-state index in [-0.39, 0.29) is 0 Å². The van der Waals surface area contributed by atoms with E-state index in [0.29, 0.717) is 17.9 Å². The van der Waals surface area contributed by atoms with Crippen molar-refractivity contribution >= 4 is 17.5 Å². The molecule has 5 rings (SSSR count). The van der Waals surface area contributed by atoms with Gasteiger partial charge >= 0.3 is 0 Å². The highest BCUT2D eigenvalue weighted by molar-refractivity contribution is 5.59. The fourth-order valence-corrected chi connectivity index (χ4v) is 3.59. The SMILES string of the molecule is CN1CCc2ccc(Nc3ncc(C4CC4)c(NC4CC4)n3)cc2C1. The Morgan fingerprint density at radius 1 is 1.12 bits per heavy atom. The summed E-state index contributed by atoms with van der Waals surface area (Å²) in [5, 5.41) is 7.00. The summed E-state index contributed by atoms with van der Waals surface area (Å²) in [5.41, 5.74) is 5.24. The van der Waals surface area contributed by atoms with E-state index in [9.17, 15) is 0 Å². The Kier molecular flexibility index (Phi) is 3.63. The Morgan fingerprint density at radius 3 is 2.80 bits per heavy atom. The first-order valence-corrected chi connectivity index (χ1v) is 9.45. The summed E-state index contributed by atoms with van der Waals surface area (Å²) < 4.78 is 0. The number of hydrogen-bond donors (Lipinski definition) is 2. The van der Waals surface area contributed by atoms with Gasteiger partial charge in [0.1, 0.15) is 5.82 Å². The molecule has 2 N–H and O–H groups in total. The molecule has 1 aromatic carbocycles. The Morgan fingerprint density at radius 2 is 2.00 bits per heavy atom. The molecule has 2 aromatic rings. The van der Waals surface area contributed by atoms with E-state index in [4.69, 9.17) is 4.98 Å². The predicted octanol–water partition coefficient (Wildman–Crippen LogP) is 3.66. The van der Waals surface area contributed by atoms with Crippen LogP contribution in [-0.2, 0) is 13.0 Å². The zero-order valence-corrected chi connectivity index (χ0v) is 14.8. The van der Waals surface area contributed by atoms with Crippen LogP contribution in [0.15, 0.2) is 24.4 Å². The summed E-state index contributed by atoms with van der Waals surface area (Å²) in [7, 11) is 2.18. The third-order valence-corrected chi connectivity index (χ3v) is 5.42. The average Bonchev–Trinajstić information content (AvgIpc) is 3.49. The number of fused-ring (bicyclic) bond motifs is 1. The molecule has 0 atom stereocenters. The van der Waals surface area contributed by atoms with Gasteiger partial charge in [0.15, 0.2) is 0 Å². The lowest BCUT2D eigenvalue weighted by atomic mass is 9.99. The molecule has 5 nitrogen and oxygen atoms in total. The third kappa shape index (κ3) is 3.33. The molecular weight excluding hydrogens is 310 g/mol. The second-order valence-corrected chi connectivity index (χ2v) is 7.79. The maximum atomic E-state index is 4.79. The van der Waals surface area contributed by atoms with Crippen LogP contribution in [-0.4, -0.2) is 34.5 Å². The molecule has 130 valence electrons. The summed E-state index contributed by atoms with van der Waals surface area (Å²) in [4.78, 5) is 11.7. The smallest absolute Gasteiger partial charge is 0.229 e. The van der Waals surface area contributed by atoms with E-state index in [1.807, 2.05) is 6.20 Å². The van der Waals surface area contributed by atoms with E-state index in [2.05, 4.69) is 45.8 Å². The van der Waals surface area contributed by atoms with Gasteiger partial charge in [-0.05, 0) is 68.3 Å². The van der Waals surface area contributed by atoms with Crippen LogP contribution in [0.25, 0.3) is 0 Å². The summed E-state index contributed by atoms with van der Waals surface area (Å²) >= 11 is 0. The first kappa shape index (κ1) is 15.1. The molecule has 5 heteroatoms. The molecule has 1 aromatic heterocycles. The quantitative estimate of drug-likeness (QED) is 0.873. The minimum absolute atomic E-state index is 0.611. The molecule has 0 bridgehead atoms. The van der Waals surface area contributed by atoms with Crippen LogP contribution in [0.5, 0.6) is 0 Å². The molecule has 2 aliphatic carbocycles. The molecular formula is C20H25N5. The number of hydrogen-bond acceptors (Lipinski definition) is 5. The molecule has 0 radical (unpaired) electrons. The normalized spacial score (nSPS) is 20.2. The molecule has 0 unspecified atom stereocenters. The molecule has 2 fully saturated rings. The average molecular weight is 335 g/mol. The van der Waals surface area contributed by atoms with E-state index in [1.54, 1.807) is 0 Å². The van der Waals surface area contributed by atoms with Crippen molar-refractivity contribution in [3.63, 3.8) is 0 Å². The van der Waals surface area contributed by atoms with Crippen LogP contribution in [0.3, 0.4) is 0 Å². The number of nitrogens with zero attached hydrogens (tertiary/aromatic N) is 3. The summed E-state index contributed by atoms with van der Waals surface area (Å²) in [6.45, 7) is 2.16. The van der Waals surface area contributed by atoms with Crippen molar-refractivity contribution in [1.82, 2.24) is 14.9 Å². The molecule has 25 heavy (non-hydrogen) atoms. The number of nitrogens with one attached hydrogen (secondary N) is 2. The minimum Gasteiger partial charge on any atom is -0.367 e. The van der Waals surface area contributed by atoms with Crippen molar-refractivity contribution in [2.45, 2.75) is 50.6 Å². The first-order chi connectivity index (χ1) is 12.2. The van der Waals surface area contributed by atoms with Crippen LogP contribution in [0.4, 0.5) is 17.5 Å². The van der Waals surface area contributed by atoms with E-state index in [0.717, 1.165) is 31.0 Å². The highest BCUT2D eigenvalue weighted by Crippen LogP contribution is 2.43. The fourth-order valence-electron chi connectivity index (χ4n) is 3.59. The van der Waals surface area contributed by atoms with Gasteiger partial charge in [-0.1, -0.05) is 6.07 Å². The minimum atomic E-state index is 0.611. The van der Waals surface area contributed by atoms with Gasteiger partial charge in [-0.3, -0.25) is 0 Å². The number of likely N-dealkylation sites (N-methyl/N-ethyl adjacent to an activating group) is 1. The Balaban J connectivity index is 1.39. The molecule has 0 amide bonds. The van der Waals surface area contributed by atoms with Crippen LogP contribution in [0, 0.1) is 0 Å². The first-order valence-electron chi connectivity index (χ1n) is 9.45.